The van der Waals surface area contributed by atoms with E-state index in [0.29, 0.717) is 149 Å². The van der Waals surface area contributed by atoms with Gasteiger partial charge in [-0.05, 0) is 129 Å². The second kappa shape index (κ2) is 24.3. The van der Waals surface area contributed by atoms with Crippen LogP contribution in [0.15, 0.2) is 84.9 Å². The van der Waals surface area contributed by atoms with Crippen LogP contribution in [0.5, 0.6) is 0 Å². The first-order chi connectivity index (χ1) is 46.8. The Bertz CT molecular complexity index is 4970. The number of halogens is 1. The zero-order valence-corrected chi connectivity index (χ0v) is 54.2. The van der Waals surface area contributed by atoms with Crippen LogP contribution in [0.4, 0.5) is 40.1 Å². The van der Waals surface area contributed by atoms with Gasteiger partial charge in [0.2, 0.25) is 35.7 Å². The Kier molecular flexibility index (Phi) is 15.1. The van der Waals surface area contributed by atoms with Crippen LogP contribution in [-0.4, -0.2) is 184 Å². The summed E-state index contributed by atoms with van der Waals surface area (Å²) in [6, 6.07) is 26.2. The van der Waals surface area contributed by atoms with Gasteiger partial charge in [-0.25, -0.2) is 34.3 Å². The first-order valence-electron chi connectivity index (χ1n) is 33.5. The fraction of sp³-hybridized carbons (Fsp3) is 0.426. The molecule has 14 heterocycles. The SMILES string of the molecule is Cc1nc2ccccc2nc1-c1cc2nc(N3CCCC3C3CC(Nc4nc(N5CCCC5)nc5cc(-c6nc7ccccc7nc6C)nn45)CCO3)nc(NCC(C)(C)OC3CCN(c4nc(NC5CCOCC5)n5nc(-c6nc7cc(F)ccc7nc6C)cc5n4)C3)n2n1. The maximum Gasteiger partial charge on any atom is 0.231 e. The van der Waals surface area contributed by atoms with E-state index in [1.54, 1.807) is 15.1 Å². The fourth-order valence-electron chi connectivity index (χ4n) is 14.3. The molecule has 0 amide bonds. The van der Waals surface area contributed by atoms with Crippen LogP contribution in [0, 0.1) is 26.6 Å². The minimum atomic E-state index is -0.697. The molecule has 490 valence electrons. The molecule has 17 rings (SSSR count). The van der Waals surface area contributed by atoms with Gasteiger partial charge in [-0.1, -0.05) is 24.3 Å². The number of hydrogen-bond donors (Lipinski definition) is 3. The third kappa shape index (κ3) is 11.5. The summed E-state index contributed by atoms with van der Waals surface area (Å²) in [5, 5.41) is 26.5. The molecule has 5 saturated heterocycles. The number of ether oxygens (including phenoxy) is 3. The normalized spacial score (nSPS) is 19.8. The average Bonchev–Trinajstić information content (AvgIpc) is 1.64. The first kappa shape index (κ1) is 59.7. The van der Waals surface area contributed by atoms with Crippen LogP contribution >= 0.6 is 0 Å². The third-order valence-electron chi connectivity index (χ3n) is 19.1. The maximum absolute atomic E-state index is 14.4. The van der Waals surface area contributed by atoms with Gasteiger partial charge >= 0.3 is 0 Å². The van der Waals surface area contributed by atoms with Crippen molar-refractivity contribution in [3.05, 3.63) is 108 Å². The molecule has 5 aliphatic rings. The molecule has 9 aromatic heterocycles. The van der Waals surface area contributed by atoms with Crippen molar-refractivity contribution in [1.29, 1.82) is 0 Å². The minimum Gasteiger partial charge on any atom is -0.381 e. The second-order valence-electron chi connectivity index (χ2n) is 26.5. The maximum atomic E-state index is 14.4. The minimum absolute atomic E-state index is 0.0126. The van der Waals surface area contributed by atoms with E-state index in [-0.39, 0.29) is 36.2 Å². The highest BCUT2D eigenvalue weighted by Gasteiger charge is 2.39. The Hall–Kier alpha value is -10.1. The van der Waals surface area contributed by atoms with Crippen molar-refractivity contribution in [2.45, 2.75) is 128 Å². The Morgan fingerprint density at radius 3 is 1.65 bits per heavy atom. The number of aryl methyl sites for hydroxylation is 3. The number of anilines is 6. The highest BCUT2D eigenvalue weighted by Crippen LogP contribution is 2.36. The zero-order valence-electron chi connectivity index (χ0n) is 54.2. The molecule has 3 N–H and O–H groups in total. The number of rotatable bonds is 16. The largest absolute Gasteiger partial charge is 0.381 e. The van der Waals surface area contributed by atoms with Crippen LogP contribution in [0.25, 0.3) is 84.2 Å². The lowest BCUT2D eigenvalue weighted by molar-refractivity contribution is -0.0529. The molecule has 5 aliphatic heterocycles. The number of hydrogen-bond acceptors (Lipinski definition) is 24. The number of fused-ring (bicyclic) bond motifs is 6. The van der Waals surface area contributed by atoms with Gasteiger partial charge in [0.05, 0.1) is 74.0 Å². The molecular weight excluding hydrogens is 1220 g/mol. The van der Waals surface area contributed by atoms with Crippen molar-refractivity contribution >= 4 is 85.7 Å². The highest BCUT2D eigenvalue weighted by atomic mass is 19.1. The summed E-state index contributed by atoms with van der Waals surface area (Å²) < 4.78 is 39.3. The van der Waals surface area contributed by atoms with E-state index in [1.165, 1.54) is 12.1 Å². The molecule has 0 bridgehead atoms. The first-order valence-corrected chi connectivity index (χ1v) is 33.5. The average molecular weight is 1290 g/mol. The lowest BCUT2D eigenvalue weighted by Gasteiger charge is -2.37. The van der Waals surface area contributed by atoms with Gasteiger partial charge in [-0.2, -0.15) is 58.7 Å². The van der Waals surface area contributed by atoms with Gasteiger partial charge in [0, 0.05) is 95.4 Å². The van der Waals surface area contributed by atoms with Crippen molar-refractivity contribution in [2.75, 3.05) is 89.7 Å². The fourth-order valence-corrected chi connectivity index (χ4v) is 14.3. The molecule has 0 radical (unpaired) electrons. The Morgan fingerprint density at radius 1 is 0.510 bits per heavy atom. The summed E-state index contributed by atoms with van der Waals surface area (Å²) in [5.41, 5.74) is 11.5. The van der Waals surface area contributed by atoms with Crippen molar-refractivity contribution in [2.24, 2.45) is 0 Å². The van der Waals surface area contributed by atoms with E-state index in [9.17, 15) is 4.39 Å². The molecule has 5 fully saturated rings. The van der Waals surface area contributed by atoms with Crippen LogP contribution < -0.4 is 30.7 Å². The lowest BCUT2D eigenvalue weighted by Crippen LogP contribution is -2.47. The number of nitrogens with zero attached hydrogens (tertiary/aromatic N) is 21. The van der Waals surface area contributed by atoms with Crippen molar-refractivity contribution in [1.82, 2.24) is 88.6 Å². The Morgan fingerprint density at radius 2 is 1.03 bits per heavy atom. The number of para-hydroxylation sites is 4. The van der Waals surface area contributed by atoms with E-state index >= 15 is 0 Å². The molecule has 27 nitrogen and oxygen atoms in total. The van der Waals surface area contributed by atoms with E-state index in [4.69, 9.17) is 89.3 Å². The van der Waals surface area contributed by atoms with Crippen molar-refractivity contribution < 1.29 is 18.6 Å². The smallest absolute Gasteiger partial charge is 0.231 e. The van der Waals surface area contributed by atoms with E-state index < -0.39 is 5.60 Å². The second-order valence-corrected chi connectivity index (χ2v) is 26.5. The summed E-state index contributed by atoms with van der Waals surface area (Å²) in [6.07, 6.45) is 7.60. The predicted octanol–water partition coefficient (Wildman–Crippen LogP) is 9.20. The number of nitrogens with one attached hydrogen (secondary N) is 3. The molecule has 96 heavy (non-hydrogen) atoms. The highest BCUT2D eigenvalue weighted by molar-refractivity contribution is 5.81. The third-order valence-corrected chi connectivity index (χ3v) is 19.1. The van der Waals surface area contributed by atoms with Gasteiger partial charge in [0.25, 0.3) is 0 Å². The number of benzene rings is 3. The van der Waals surface area contributed by atoms with Crippen LogP contribution in [0.1, 0.15) is 88.7 Å². The molecular formula is C68H73FN24O3. The summed E-state index contributed by atoms with van der Waals surface area (Å²) in [4.78, 5) is 67.4. The lowest BCUT2D eigenvalue weighted by atomic mass is 9.96. The summed E-state index contributed by atoms with van der Waals surface area (Å²) in [6.45, 7) is 16.0. The van der Waals surface area contributed by atoms with E-state index in [2.05, 4.69) is 44.5 Å². The summed E-state index contributed by atoms with van der Waals surface area (Å²) in [7, 11) is 0. The standard InChI is InChI=1S/C68H73FN24O3/c1-38-59(76-47-15-8-6-13-45(47)71-38)51-35-58-81-65(90-26-12-17-54(90)55-32-43(23-30-95-55)75-67-83-63(88-24-10-11-25-88)79-56-33-52(86-93(56)67)60-39(2)72-46-14-7-9-16-48(46)77-60)82-62(91(58)85-51)70-37-68(4,5)96-44-20-27-89(36-44)64-80-57-34-53(61-40(3)73-49-19-18-41(69)31-50(49)78-61)87-92(57)66(84-64)74-42-21-28-94-29-22-42/h6-9,13-16,18-19,31,33-35,42-44,54-55H,10-12,17,20-30,32,36-37H2,1-5H3,(H,70,81,82)(H,74,80,84)(H,75,79,83). The Labute approximate surface area is 550 Å². The van der Waals surface area contributed by atoms with Gasteiger partial charge < -0.3 is 44.9 Å². The van der Waals surface area contributed by atoms with Gasteiger partial charge in [0.1, 0.15) is 40.0 Å². The van der Waals surface area contributed by atoms with Crippen molar-refractivity contribution in [3.63, 3.8) is 0 Å². The van der Waals surface area contributed by atoms with E-state index in [0.717, 1.165) is 104 Å². The van der Waals surface area contributed by atoms with Crippen LogP contribution in [0.3, 0.4) is 0 Å². The molecule has 0 spiro atoms. The Balaban J connectivity index is 0.636. The quantitative estimate of drug-likeness (QED) is 0.0812. The van der Waals surface area contributed by atoms with Crippen LogP contribution in [-0.2, 0) is 14.2 Å². The number of aromatic nitrogens is 18. The molecule has 0 saturated carbocycles. The van der Waals surface area contributed by atoms with Crippen molar-refractivity contribution in [3.8, 4) is 34.2 Å². The predicted molar refractivity (Wildman–Crippen MR) is 362 cm³/mol. The van der Waals surface area contributed by atoms with Gasteiger partial charge in [0.15, 0.2) is 16.9 Å². The molecule has 3 aromatic carbocycles. The topological polar surface area (TPSA) is 280 Å². The van der Waals surface area contributed by atoms with Gasteiger partial charge in [-0.3, -0.25) is 0 Å². The monoisotopic (exact) mass is 1290 g/mol. The van der Waals surface area contributed by atoms with E-state index in [1.807, 2.05) is 92.0 Å². The van der Waals surface area contributed by atoms with Gasteiger partial charge in [-0.15, -0.1) is 0 Å². The van der Waals surface area contributed by atoms with Crippen LogP contribution in [0.2, 0.25) is 0 Å². The zero-order chi connectivity index (χ0) is 64.8. The molecule has 12 aromatic rings. The summed E-state index contributed by atoms with van der Waals surface area (Å²) in [5.74, 6) is 3.15. The molecule has 0 aliphatic carbocycles. The molecule has 28 heteroatoms. The molecule has 4 atom stereocenters. The molecule has 4 unspecified atom stereocenters. The summed E-state index contributed by atoms with van der Waals surface area (Å²) >= 11 is 0.